The van der Waals surface area contributed by atoms with Gasteiger partial charge in [-0.15, -0.1) is 24.0 Å². The Balaban J connectivity index is 0.00000364. The van der Waals surface area contributed by atoms with Crippen LogP contribution in [0, 0.1) is 16.0 Å². The van der Waals surface area contributed by atoms with Crippen LogP contribution < -0.4 is 10.6 Å². The molecule has 1 unspecified atom stereocenters. The van der Waals surface area contributed by atoms with Crippen molar-refractivity contribution in [3.63, 3.8) is 0 Å². The first-order valence-corrected chi connectivity index (χ1v) is 8.71. The number of nitrogens with zero attached hydrogens (tertiary/aromatic N) is 2. The van der Waals surface area contributed by atoms with E-state index in [1.165, 1.54) is 12.1 Å². The van der Waals surface area contributed by atoms with E-state index >= 15 is 0 Å². The largest absolute Gasteiger partial charge is 0.394 e. The highest BCUT2D eigenvalue weighted by molar-refractivity contribution is 14.0. The van der Waals surface area contributed by atoms with Gasteiger partial charge in [-0.1, -0.05) is 12.1 Å². The molecule has 1 aliphatic heterocycles. The summed E-state index contributed by atoms with van der Waals surface area (Å²) in [7, 11) is 0. The Morgan fingerprint density at radius 2 is 2.11 bits per heavy atom. The lowest BCUT2D eigenvalue weighted by molar-refractivity contribution is -0.384. The second kappa shape index (κ2) is 13.6. The van der Waals surface area contributed by atoms with E-state index in [-0.39, 0.29) is 36.3 Å². The third kappa shape index (κ3) is 9.31. The van der Waals surface area contributed by atoms with Crippen LogP contribution in [0.25, 0.3) is 0 Å². The van der Waals surface area contributed by atoms with Crippen molar-refractivity contribution in [3.05, 3.63) is 39.9 Å². The normalized spacial score (nSPS) is 16.6. The molecule has 27 heavy (non-hydrogen) atoms. The average molecular weight is 494 g/mol. The molecular weight excluding hydrogens is 467 g/mol. The number of aliphatic hydroxyl groups is 1. The first-order valence-electron chi connectivity index (χ1n) is 8.71. The molecule has 0 bridgehead atoms. The van der Waals surface area contributed by atoms with Crippen molar-refractivity contribution in [3.8, 4) is 0 Å². The number of ether oxygens (including phenoxy) is 2. The molecule has 152 valence electrons. The topological polar surface area (TPSA) is 118 Å². The Kier molecular flexibility index (Phi) is 11.9. The van der Waals surface area contributed by atoms with E-state index < -0.39 is 4.92 Å². The van der Waals surface area contributed by atoms with Crippen LogP contribution in [-0.2, 0) is 16.0 Å². The number of aliphatic imine (C=N–C) groups is 1. The molecule has 1 saturated heterocycles. The van der Waals surface area contributed by atoms with E-state index in [4.69, 9.17) is 14.6 Å². The zero-order chi connectivity index (χ0) is 18.6. The molecule has 0 aromatic heterocycles. The lowest BCUT2D eigenvalue weighted by Gasteiger charge is -2.15. The number of nitro benzene ring substituents is 1. The maximum atomic E-state index is 10.7. The summed E-state index contributed by atoms with van der Waals surface area (Å²) in [5.41, 5.74) is 0.953. The fourth-order valence-electron chi connectivity index (χ4n) is 2.46. The van der Waals surface area contributed by atoms with E-state index in [2.05, 4.69) is 15.6 Å². The molecule has 1 atom stereocenters. The minimum atomic E-state index is -0.419. The third-order valence-electron chi connectivity index (χ3n) is 3.92. The van der Waals surface area contributed by atoms with Crippen molar-refractivity contribution in [2.24, 2.45) is 10.9 Å². The maximum Gasteiger partial charge on any atom is 0.269 e. The van der Waals surface area contributed by atoms with Gasteiger partial charge in [0.1, 0.15) is 0 Å². The molecule has 0 radical (unpaired) electrons. The first kappa shape index (κ1) is 23.5. The van der Waals surface area contributed by atoms with Crippen molar-refractivity contribution in [1.82, 2.24) is 10.6 Å². The molecule has 1 fully saturated rings. The first-order chi connectivity index (χ1) is 12.7. The molecule has 1 aromatic carbocycles. The Bertz CT molecular complexity index is 579. The zero-order valence-corrected chi connectivity index (χ0v) is 17.5. The highest BCUT2D eigenvalue weighted by Crippen LogP contribution is 2.13. The van der Waals surface area contributed by atoms with Gasteiger partial charge in [0.25, 0.3) is 5.69 Å². The lowest BCUT2D eigenvalue weighted by atomic mass is 10.1. The quantitative estimate of drug-likeness (QED) is 0.112. The van der Waals surface area contributed by atoms with Crippen LogP contribution in [0.1, 0.15) is 12.0 Å². The summed E-state index contributed by atoms with van der Waals surface area (Å²) in [4.78, 5) is 14.8. The summed E-state index contributed by atoms with van der Waals surface area (Å²) in [6, 6.07) is 6.36. The molecule has 1 aromatic rings. The van der Waals surface area contributed by atoms with Gasteiger partial charge in [-0.05, 0) is 12.0 Å². The molecule has 9 nitrogen and oxygen atoms in total. The molecular formula is C17H27IN4O5. The molecule has 1 aliphatic rings. The monoisotopic (exact) mass is 494 g/mol. The highest BCUT2D eigenvalue weighted by atomic mass is 127. The lowest BCUT2D eigenvalue weighted by Crippen LogP contribution is -2.41. The standard InChI is InChI=1S/C17H26N4O5.HI/c22-7-10-25-9-6-18-17(20-12-15-5-8-26-13-15)19-11-14-1-3-16(4-2-14)21(23)24;/h1-4,15,22H,5-13H2,(H2,18,19,20);1H. The smallest absolute Gasteiger partial charge is 0.269 e. The van der Waals surface area contributed by atoms with Gasteiger partial charge in [-0.3, -0.25) is 10.1 Å². The van der Waals surface area contributed by atoms with Gasteiger partial charge in [-0.2, -0.15) is 0 Å². The molecule has 10 heteroatoms. The highest BCUT2D eigenvalue weighted by Gasteiger charge is 2.15. The number of aliphatic hydroxyl groups excluding tert-OH is 1. The molecule has 0 amide bonds. The Hall–Kier alpha value is -1.50. The summed E-state index contributed by atoms with van der Waals surface area (Å²) in [6.07, 6.45) is 1.03. The van der Waals surface area contributed by atoms with Crippen LogP contribution in [0.15, 0.2) is 29.3 Å². The molecule has 1 heterocycles. The number of guanidine groups is 1. The molecule has 0 saturated carbocycles. The van der Waals surface area contributed by atoms with Crippen molar-refractivity contribution < 1.29 is 19.5 Å². The van der Waals surface area contributed by atoms with E-state index in [1.54, 1.807) is 12.1 Å². The zero-order valence-electron chi connectivity index (χ0n) is 15.1. The summed E-state index contributed by atoms with van der Waals surface area (Å²) in [5, 5.41) is 25.9. The summed E-state index contributed by atoms with van der Waals surface area (Å²) >= 11 is 0. The summed E-state index contributed by atoms with van der Waals surface area (Å²) < 4.78 is 10.6. The number of nitro groups is 1. The van der Waals surface area contributed by atoms with E-state index in [1.807, 2.05) is 0 Å². The number of benzene rings is 1. The minimum Gasteiger partial charge on any atom is -0.394 e. The predicted molar refractivity (Wildman–Crippen MR) is 112 cm³/mol. The molecule has 0 spiro atoms. The number of halogens is 1. The fourth-order valence-corrected chi connectivity index (χ4v) is 2.46. The third-order valence-corrected chi connectivity index (χ3v) is 3.92. The van der Waals surface area contributed by atoms with Crippen LogP contribution in [0.3, 0.4) is 0 Å². The van der Waals surface area contributed by atoms with Crippen molar-refractivity contribution in [2.45, 2.75) is 13.0 Å². The van der Waals surface area contributed by atoms with Crippen LogP contribution in [-0.4, -0.2) is 62.1 Å². The Morgan fingerprint density at radius 1 is 1.33 bits per heavy atom. The average Bonchev–Trinajstić information content (AvgIpc) is 3.17. The second-order valence-electron chi connectivity index (χ2n) is 5.96. The molecule has 2 rings (SSSR count). The van der Waals surface area contributed by atoms with Gasteiger partial charge in [-0.25, -0.2) is 4.99 Å². The summed E-state index contributed by atoms with van der Waals surface area (Å²) in [6.45, 7) is 4.06. The van der Waals surface area contributed by atoms with Crippen molar-refractivity contribution in [1.29, 1.82) is 0 Å². The summed E-state index contributed by atoms with van der Waals surface area (Å²) in [5.74, 6) is 1.12. The van der Waals surface area contributed by atoms with E-state index in [0.717, 1.165) is 31.7 Å². The SMILES string of the molecule is I.O=[N+]([O-])c1ccc(CN=C(NCCOCCO)NCC2CCOC2)cc1. The number of nitrogens with one attached hydrogen (secondary N) is 2. The van der Waals surface area contributed by atoms with Gasteiger partial charge in [0.15, 0.2) is 5.96 Å². The Labute approximate surface area is 175 Å². The van der Waals surface area contributed by atoms with Gasteiger partial charge >= 0.3 is 0 Å². The maximum absolute atomic E-state index is 10.7. The van der Waals surface area contributed by atoms with Crippen LogP contribution >= 0.6 is 24.0 Å². The van der Waals surface area contributed by atoms with Gasteiger partial charge in [0.05, 0.1) is 37.9 Å². The van der Waals surface area contributed by atoms with Crippen LogP contribution in [0.5, 0.6) is 0 Å². The van der Waals surface area contributed by atoms with Gasteiger partial charge < -0.3 is 25.2 Å². The van der Waals surface area contributed by atoms with Gasteiger partial charge in [0, 0.05) is 37.7 Å². The Morgan fingerprint density at radius 3 is 2.74 bits per heavy atom. The van der Waals surface area contributed by atoms with E-state index in [9.17, 15) is 10.1 Å². The van der Waals surface area contributed by atoms with Crippen molar-refractivity contribution in [2.75, 3.05) is 46.1 Å². The van der Waals surface area contributed by atoms with Crippen LogP contribution in [0.2, 0.25) is 0 Å². The van der Waals surface area contributed by atoms with Gasteiger partial charge in [0.2, 0.25) is 0 Å². The number of hydrogen-bond acceptors (Lipinski definition) is 6. The number of hydrogen-bond donors (Lipinski definition) is 3. The minimum absolute atomic E-state index is 0. The van der Waals surface area contributed by atoms with E-state index in [0.29, 0.717) is 38.2 Å². The number of non-ortho nitro benzene ring substituents is 1. The predicted octanol–water partition coefficient (Wildman–Crippen LogP) is 1.29. The molecule has 0 aliphatic carbocycles. The van der Waals surface area contributed by atoms with Crippen molar-refractivity contribution >= 4 is 35.6 Å². The number of rotatable bonds is 10. The van der Waals surface area contributed by atoms with Crippen LogP contribution in [0.4, 0.5) is 5.69 Å². The fraction of sp³-hybridized carbons (Fsp3) is 0.588. The second-order valence-corrected chi connectivity index (χ2v) is 5.96. The molecule has 3 N–H and O–H groups in total.